The van der Waals surface area contributed by atoms with E-state index in [1.807, 2.05) is 51.0 Å². The van der Waals surface area contributed by atoms with Crippen LogP contribution < -0.4 is 5.32 Å². The summed E-state index contributed by atoms with van der Waals surface area (Å²) < 4.78 is 0. The molecule has 1 heterocycles. The highest BCUT2D eigenvalue weighted by atomic mass is 16.3. The number of rotatable bonds is 6. The molecule has 2 rings (SSSR count). The lowest BCUT2D eigenvalue weighted by Crippen LogP contribution is -2.45. The van der Waals surface area contributed by atoms with Gasteiger partial charge in [-0.25, -0.2) is 0 Å². The summed E-state index contributed by atoms with van der Waals surface area (Å²) in [5.41, 5.74) is 2.53. The number of likely N-dealkylation sites (N-methyl/N-ethyl adjacent to an activating group) is 1. The highest BCUT2D eigenvalue weighted by Crippen LogP contribution is 2.18. The Morgan fingerprint density at radius 2 is 2.00 bits per heavy atom. The number of fused-ring (bicyclic) bond motifs is 1. The zero-order valence-electron chi connectivity index (χ0n) is 13.3. The summed E-state index contributed by atoms with van der Waals surface area (Å²) in [6, 6.07) is 10.3. The second kappa shape index (κ2) is 6.52. The average Bonchev–Trinajstić information content (AvgIpc) is 2.36. The van der Waals surface area contributed by atoms with Gasteiger partial charge in [0.1, 0.15) is 0 Å². The van der Waals surface area contributed by atoms with Crippen LogP contribution in [0.4, 0.5) is 0 Å². The molecule has 0 spiro atoms. The first-order valence-electron chi connectivity index (χ1n) is 7.30. The van der Waals surface area contributed by atoms with Gasteiger partial charge in [-0.3, -0.25) is 4.98 Å². The molecule has 0 fully saturated rings. The maximum absolute atomic E-state index is 10.3. The lowest BCUT2D eigenvalue weighted by Gasteiger charge is -2.27. The first kappa shape index (κ1) is 15.9. The van der Waals surface area contributed by atoms with Crippen LogP contribution in [0.3, 0.4) is 0 Å². The van der Waals surface area contributed by atoms with Crippen molar-refractivity contribution >= 4 is 10.9 Å². The van der Waals surface area contributed by atoms with Crippen LogP contribution in [0, 0.1) is 6.92 Å². The minimum absolute atomic E-state index is 0.556. The maximum atomic E-state index is 10.3. The zero-order valence-corrected chi connectivity index (χ0v) is 13.3. The van der Waals surface area contributed by atoms with E-state index in [1.165, 1.54) is 10.9 Å². The number of hydrogen-bond acceptors (Lipinski definition) is 4. The van der Waals surface area contributed by atoms with Crippen LogP contribution in [0.15, 0.2) is 30.3 Å². The van der Waals surface area contributed by atoms with Gasteiger partial charge < -0.3 is 15.3 Å². The van der Waals surface area contributed by atoms with Crippen molar-refractivity contribution in [3.8, 4) is 0 Å². The van der Waals surface area contributed by atoms with Crippen molar-refractivity contribution in [3.05, 3.63) is 41.6 Å². The normalized spacial score (nSPS) is 14.6. The quantitative estimate of drug-likeness (QED) is 0.852. The molecule has 2 aromatic rings. The third-order valence-electron chi connectivity index (χ3n) is 3.41. The third-order valence-corrected chi connectivity index (χ3v) is 3.41. The predicted molar refractivity (Wildman–Crippen MR) is 87.4 cm³/mol. The highest BCUT2D eigenvalue weighted by Gasteiger charge is 2.20. The monoisotopic (exact) mass is 287 g/mol. The van der Waals surface area contributed by atoms with Crippen LogP contribution in [0.25, 0.3) is 10.9 Å². The molecule has 0 amide bonds. The molecule has 1 atom stereocenters. The van der Waals surface area contributed by atoms with Crippen molar-refractivity contribution < 1.29 is 5.11 Å². The van der Waals surface area contributed by atoms with Crippen molar-refractivity contribution in [2.75, 3.05) is 27.2 Å². The van der Waals surface area contributed by atoms with Crippen molar-refractivity contribution in [1.29, 1.82) is 0 Å². The fourth-order valence-corrected chi connectivity index (χ4v) is 2.74. The summed E-state index contributed by atoms with van der Waals surface area (Å²) >= 11 is 0. The molecule has 4 nitrogen and oxygen atoms in total. The lowest BCUT2D eigenvalue weighted by molar-refractivity contribution is 0.0336. The predicted octanol–water partition coefficient (Wildman–Crippen LogP) is 1.95. The summed E-state index contributed by atoms with van der Waals surface area (Å²) in [6.45, 7) is 5.79. The molecule has 0 saturated heterocycles. The van der Waals surface area contributed by atoms with E-state index < -0.39 is 5.60 Å². The second-order valence-electron chi connectivity index (χ2n) is 6.28. The lowest BCUT2D eigenvalue weighted by atomic mass is 10.1. The molecule has 0 aliphatic heterocycles. The highest BCUT2D eigenvalue weighted by molar-refractivity contribution is 5.82. The Labute approximate surface area is 126 Å². The molecular formula is C17H25N3O. The fraction of sp³-hybridized carbons (Fsp3) is 0.471. The van der Waals surface area contributed by atoms with Gasteiger partial charge in [0, 0.05) is 30.7 Å². The van der Waals surface area contributed by atoms with Gasteiger partial charge >= 0.3 is 0 Å². The van der Waals surface area contributed by atoms with Crippen LogP contribution in [-0.2, 0) is 6.54 Å². The minimum atomic E-state index is -0.735. The molecule has 21 heavy (non-hydrogen) atoms. The number of aliphatic hydroxyl groups is 1. The first-order chi connectivity index (χ1) is 9.87. The summed E-state index contributed by atoms with van der Waals surface area (Å²) in [4.78, 5) is 6.54. The van der Waals surface area contributed by atoms with Crippen molar-refractivity contribution in [2.45, 2.75) is 26.0 Å². The number of hydrogen-bond donors (Lipinski definition) is 2. The second-order valence-corrected chi connectivity index (χ2v) is 6.28. The largest absolute Gasteiger partial charge is 0.388 e. The maximum Gasteiger partial charge on any atom is 0.0869 e. The Kier molecular flexibility index (Phi) is 4.93. The van der Waals surface area contributed by atoms with Gasteiger partial charge in [0.15, 0.2) is 0 Å². The van der Waals surface area contributed by atoms with Gasteiger partial charge in [-0.05, 0) is 45.6 Å². The van der Waals surface area contributed by atoms with Crippen LogP contribution >= 0.6 is 0 Å². The molecule has 1 aromatic carbocycles. The smallest absolute Gasteiger partial charge is 0.0869 e. The standard InChI is InChI=1S/C17H25N3O/c1-13-9-14(15-7-5-6-8-16(15)19-13)10-18-11-17(2,21)12-20(3)4/h5-9,18,21H,10-12H2,1-4H3. The minimum Gasteiger partial charge on any atom is -0.388 e. The van der Waals surface area contributed by atoms with E-state index in [9.17, 15) is 5.11 Å². The van der Waals surface area contributed by atoms with Crippen LogP contribution in [0.1, 0.15) is 18.2 Å². The number of benzene rings is 1. The molecule has 1 aromatic heterocycles. The van der Waals surface area contributed by atoms with Gasteiger partial charge in [0.05, 0.1) is 11.1 Å². The summed E-state index contributed by atoms with van der Waals surface area (Å²) in [6.07, 6.45) is 0. The third kappa shape index (κ3) is 4.49. The van der Waals surface area contributed by atoms with E-state index in [0.717, 1.165) is 17.8 Å². The van der Waals surface area contributed by atoms with E-state index in [4.69, 9.17) is 0 Å². The Morgan fingerprint density at radius 1 is 1.29 bits per heavy atom. The number of nitrogens with one attached hydrogen (secondary N) is 1. The average molecular weight is 287 g/mol. The molecule has 0 aliphatic carbocycles. The van der Waals surface area contributed by atoms with Gasteiger partial charge in [0.25, 0.3) is 0 Å². The zero-order chi connectivity index (χ0) is 15.5. The van der Waals surface area contributed by atoms with E-state index in [0.29, 0.717) is 13.1 Å². The number of aryl methyl sites for hydroxylation is 1. The van der Waals surface area contributed by atoms with Crippen LogP contribution in [0.2, 0.25) is 0 Å². The molecule has 4 heteroatoms. The van der Waals surface area contributed by atoms with E-state index >= 15 is 0 Å². The molecular weight excluding hydrogens is 262 g/mol. The van der Waals surface area contributed by atoms with Gasteiger partial charge in [-0.2, -0.15) is 0 Å². The Balaban J connectivity index is 2.07. The molecule has 1 unspecified atom stereocenters. The Hall–Kier alpha value is -1.49. The topological polar surface area (TPSA) is 48.4 Å². The van der Waals surface area contributed by atoms with Gasteiger partial charge in [-0.15, -0.1) is 0 Å². The van der Waals surface area contributed by atoms with Gasteiger partial charge in [0.2, 0.25) is 0 Å². The first-order valence-corrected chi connectivity index (χ1v) is 7.30. The summed E-state index contributed by atoms with van der Waals surface area (Å²) in [5, 5.41) is 14.8. The SMILES string of the molecule is Cc1cc(CNCC(C)(O)CN(C)C)c2ccccc2n1. The summed E-state index contributed by atoms with van der Waals surface area (Å²) in [7, 11) is 3.93. The molecule has 0 bridgehead atoms. The van der Waals surface area contributed by atoms with E-state index in [2.05, 4.69) is 22.4 Å². The van der Waals surface area contributed by atoms with E-state index in [-0.39, 0.29) is 0 Å². The molecule has 0 saturated carbocycles. The molecule has 0 aliphatic rings. The number of nitrogens with zero attached hydrogens (tertiary/aromatic N) is 2. The number of aromatic nitrogens is 1. The van der Waals surface area contributed by atoms with Crippen molar-refractivity contribution in [3.63, 3.8) is 0 Å². The molecule has 2 N–H and O–H groups in total. The number of pyridine rings is 1. The van der Waals surface area contributed by atoms with Crippen LogP contribution in [-0.4, -0.2) is 47.8 Å². The van der Waals surface area contributed by atoms with Gasteiger partial charge in [-0.1, -0.05) is 18.2 Å². The van der Waals surface area contributed by atoms with Crippen molar-refractivity contribution in [1.82, 2.24) is 15.2 Å². The molecule has 114 valence electrons. The Bertz CT molecular complexity index is 608. The molecule has 0 radical (unpaired) electrons. The summed E-state index contributed by atoms with van der Waals surface area (Å²) in [5.74, 6) is 0. The fourth-order valence-electron chi connectivity index (χ4n) is 2.74. The van der Waals surface area contributed by atoms with Crippen molar-refractivity contribution in [2.24, 2.45) is 0 Å². The van der Waals surface area contributed by atoms with E-state index in [1.54, 1.807) is 0 Å². The van der Waals surface area contributed by atoms with Crippen LogP contribution in [0.5, 0.6) is 0 Å². The Morgan fingerprint density at radius 3 is 2.71 bits per heavy atom. The number of para-hydroxylation sites is 1.